The zero-order valence-electron chi connectivity index (χ0n) is 14.3. The van der Waals surface area contributed by atoms with Crippen LogP contribution in [0.25, 0.3) is 11.1 Å². The zero-order valence-corrected chi connectivity index (χ0v) is 15.1. The van der Waals surface area contributed by atoms with E-state index in [-0.39, 0.29) is 12.5 Å². The predicted molar refractivity (Wildman–Crippen MR) is 103 cm³/mol. The minimum absolute atomic E-state index is 0.285. The van der Waals surface area contributed by atoms with Gasteiger partial charge in [0.15, 0.2) is 5.96 Å². The fourth-order valence-corrected chi connectivity index (χ4v) is 2.46. The lowest BCUT2D eigenvalue weighted by molar-refractivity contribution is 0.249. The van der Waals surface area contributed by atoms with E-state index in [1.165, 1.54) is 0 Å². The first-order chi connectivity index (χ1) is 12.4. The zero-order chi connectivity index (χ0) is 18.9. The van der Waals surface area contributed by atoms with Gasteiger partial charge in [-0.05, 0) is 17.2 Å². The number of carbonyl (C=O) groups is 1. The summed E-state index contributed by atoms with van der Waals surface area (Å²) in [7, 11) is -0.855. The van der Waals surface area contributed by atoms with Crippen molar-refractivity contribution < 1.29 is 9.00 Å². The Morgan fingerprint density at radius 3 is 2.62 bits per heavy atom. The van der Waals surface area contributed by atoms with Gasteiger partial charge in [-0.3, -0.25) is 4.21 Å². The summed E-state index contributed by atoms with van der Waals surface area (Å²) < 4.78 is 11.0. The molecule has 2 rings (SSSR count). The predicted octanol–water partition coefficient (Wildman–Crippen LogP) is 0.417. The van der Waals surface area contributed by atoms with E-state index < -0.39 is 16.8 Å². The van der Waals surface area contributed by atoms with E-state index in [1.54, 1.807) is 18.6 Å². The summed E-state index contributed by atoms with van der Waals surface area (Å²) in [6, 6.07) is 7.00. The van der Waals surface area contributed by atoms with Crippen molar-refractivity contribution in [3.63, 3.8) is 0 Å². The van der Waals surface area contributed by atoms with E-state index in [4.69, 9.17) is 11.5 Å². The number of aromatic nitrogens is 2. The molecule has 1 aromatic carbocycles. The Kier molecular flexibility index (Phi) is 7.03. The number of nitrogens with one attached hydrogen (secondary N) is 2. The summed E-state index contributed by atoms with van der Waals surface area (Å²) in [6.07, 6.45) is 5.06. The van der Waals surface area contributed by atoms with Gasteiger partial charge in [0.05, 0.1) is 0 Å². The quantitative estimate of drug-likeness (QED) is 0.405. The van der Waals surface area contributed by atoms with Gasteiger partial charge in [0, 0.05) is 53.9 Å². The van der Waals surface area contributed by atoms with Crippen LogP contribution in [-0.4, -0.2) is 44.7 Å². The van der Waals surface area contributed by atoms with Crippen molar-refractivity contribution in [2.45, 2.75) is 6.54 Å². The Labute approximate surface area is 153 Å². The van der Waals surface area contributed by atoms with Crippen LogP contribution in [-0.2, 0) is 17.3 Å². The Hall–Kier alpha value is -3.01. The monoisotopic (exact) mass is 375 g/mol. The summed E-state index contributed by atoms with van der Waals surface area (Å²) in [5.41, 5.74) is 12.9. The number of amides is 2. The van der Waals surface area contributed by atoms with Crippen molar-refractivity contribution in [2.24, 2.45) is 16.5 Å². The summed E-state index contributed by atoms with van der Waals surface area (Å²) in [6.45, 7) is 0.839. The molecule has 0 saturated carbocycles. The molecule has 1 unspecified atom stereocenters. The maximum absolute atomic E-state index is 11.4. The summed E-state index contributed by atoms with van der Waals surface area (Å²) in [5.74, 6) is 0.741. The van der Waals surface area contributed by atoms with Crippen LogP contribution in [0.5, 0.6) is 0 Å². The minimum atomic E-state index is -0.855. The molecule has 9 nitrogen and oxygen atoms in total. The van der Waals surface area contributed by atoms with Crippen molar-refractivity contribution in [2.75, 3.05) is 23.9 Å². The summed E-state index contributed by atoms with van der Waals surface area (Å²) >= 11 is 0. The van der Waals surface area contributed by atoms with Crippen molar-refractivity contribution in [1.82, 2.24) is 15.3 Å². The number of benzene rings is 1. The van der Waals surface area contributed by atoms with Gasteiger partial charge in [-0.2, -0.15) is 4.99 Å². The van der Waals surface area contributed by atoms with E-state index in [0.29, 0.717) is 18.2 Å². The molecule has 0 spiro atoms. The highest BCUT2D eigenvalue weighted by Crippen LogP contribution is 2.19. The second kappa shape index (κ2) is 9.47. The Morgan fingerprint density at radius 2 is 1.96 bits per heavy atom. The van der Waals surface area contributed by atoms with Gasteiger partial charge in [-0.15, -0.1) is 0 Å². The lowest BCUT2D eigenvalue weighted by Gasteiger charge is -2.07. The molecule has 0 aliphatic rings. The average Bonchev–Trinajstić information content (AvgIpc) is 2.60. The highest BCUT2D eigenvalue weighted by atomic mass is 32.2. The largest absolute Gasteiger partial charge is 0.370 e. The van der Waals surface area contributed by atoms with Gasteiger partial charge in [-0.1, -0.05) is 18.2 Å². The summed E-state index contributed by atoms with van der Waals surface area (Å²) in [4.78, 5) is 23.3. The van der Waals surface area contributed by atoms with Gasteiger partial charge in [0.25, 0.3) is 0 Å². The molecule has 1 aromatic heterocycles. The summed E-state index contributed by atoms with van der Waals surface area (Å²) in [5, 5.41) is 5.62. The molecule has 0 bridgehead atoms. The number of hydrogen-bond acceptors (Lipinski definition) is 5. The number of urea groups is 1. The number of rotatable bonds is 7. The third-order valence-corrected chi connectivity index (χ3v) is 4.04. The van der Waals surface area contributed by atoms with Crippen molar-refractivity contribution in [3.05, 3.63) is 42.2 Å². The van der Waals surface area contributed by atoms with E-state index in [0.717, 1.165) is 16.7 Å². The SMILES string of the molecule is CS(=O)CCNc1ncc(-c2cccc(CNC(=O)N=C(N)N)c2)cn1. The van der Waals surface area contributed by atoms with Crippen LogP contribution < -0.4 is 22.1 Å². The standard InChI is InChI=1S/C16H21N7O2S/c1-26(25)6-5-19-15-20-9-13(10-21-15)12-4-2-3-11(7-12)8-22-16(24)23-14(17)18/h2-4,7,9-10H,5-6,8H2,1H3,(H,19,20,21)(H5,17,18,22,23,24). The molecule has 1 atom stereocenters. The van der Waals surface area contributed by atoms with Crippen LogP contribution in [0.1, 0.15) is 5.56 Å². The second-order valence-corrected chi connectivity index (χ2v) is 6.95. The fourth-order valence-electron chi connectivity index (χ4n) is 2.07. The number of aliphatic imine (C=N–C) groups is 1. The third-order valence-electron chi connectivity index (χ3n) is 3.26. The minimum Gasteiger partial charge on any atom is -0.370 e. The first-order valence-electron chi connectivity index (χ1n) is 7.77. The molecule has 0 fully saturated rings. The Balaban J connectivity index is 1.99. The highest BCUT2D eigenvalue weighted by Gasteiger charge is 2.04. The van der Waals surface area contributed by atoms with Gasteiger partial charge in [0.2, 0.25) is 5.95 Å². The Bertz CT molecular complexity index is 805. The molecule has 10 heteroatoms. The van der Waals surface area contributed by atoms with Crippen LogP contribution in [0.4, 0.5) is 10.7 Å². The maximum atomic E-state index is 11.4. The van der Waals surface area contributed by atoms with Crippen molar-refractivity contribution in [3.8, 4) is 11.1 Å². The van der Waals surface area contributed by atoms with Gasteiger partial charge >= 0.3 is 6.03 Å². The topological polar surface area (TPSA) is 148 Å². The van der Waals surface area contributed by atoms with Crippen LogP contribution in [0, 0.1) is 0 Å². The van der Waals surface area contributed by atoms with E-state index in [1.807, 2.05) is 24.3 Å². The number of anilines is 1. The molecule has 0 aliphatic heterocycles. The first kappa shape index (κ1) is 19.3. The molecule has 1 heterocycles. The molecule has 0 aliphatic carbocycles. The fraction of sp³-hybridized carbons (Fsp3) is 0.250. The molecular weight excluding hydrogens is 354 g/mol. The van der Waals surface area contributed by atoms with Gasteiger partial charge < -0.3 is 22.1 Å². The molecular formula is C16H21N7O2S. The third kappa shape index (κ3) is 6.48. The first-order valence-corrected chi connectivity index (χ1v) is 9.49. The molecule has 6 N–H and O–H groups in total. The smallest absolute Gasteiger partial charge is 0.344 e. The van der Waals surface area contributed by atoms with E-state index in [2.05, 4.69) is 25.6 Å². The van der Waals surface area contributed by atoms with Gasteiger partial charge in [-0.25, -0.2) is 14.8 Å². The van der Waals surface area contributed by atoms with E-state index >= 15 is 0 Å². The van der Waals surface area contributed by atoms with Crippen molar-refractivity contribution >= 4 is 28.7 Å². The van der Waals surface area contributed by atoms with Gasteiger partial charge in [0.1, 0.15) is 0 Å². The molecule has 2 amide bonds. The molecule has 0 saturated heterocycles. The lowest BCUT2D eigenvalue weighted by Crippen LogP contribution is -2.28. The molecule has 0 radical (unpaired) electrons. The number of hydrogen-bond donors (Lipinski definition) is 4. The average molecular weight is 375 g/mol. The number of nitrogens with zero attached hydrogens (tertiary/aromatic N) is 3. The second-order valence-electron chi connectivity index (χ2n) is 5.40. The van der Waals surface area contributed by atoms with E-state index in [9.17, 15) is 9.00 Å². The van der Waals surface area contributed by atoms with Crippen LogP contribution in [0.15, 0.2) is 41.7 Å². The number of carbonyl (C=O) groups excluding carboxylic acids is 1. The van der Waals surface area contributed by atoms with Crippen LogP contribution in [0.2, 0.25) is 0 Å². The lowest BCUT2D eigenvalue weighted by atomic mass is 10.1. The molecule has 138 valence electrons. The van der Waals surface area contributed by atoms with Crippen molar-refractivity contribution in [1.29, 1.82) is 0 Å². The normalized spacial score (nSPS) is 11.4. The molecule has 2 aromatic rings. The maximum Gasteiger partial charge on any atom is 0.344 e. The number of nitrogens with two attached hydrogens (primary N) is 2. The van der Waals surface area contributed by atoms with Crippen LogP contribution in [0.3, 0.4) is 0 Å². The highest BCUT2D eigenvalue weighted by molar-refractivity contribution is 7.84. The number of guanidine groups is 1. The van der Waals surface area contributed by atoms with Crippen LogP contribution >= 0.6 is 0 Å². The molecule has 26 heavy (non-hydrogen) atoms. The Morgan fingerprint density at radius 1 is 1.23 bits per heavy atom.